The summed E-state index contributed by atoms with van der Waals surface area (Å²) in [5, 5.41) is 0. The molecule has 0 aliphatic rings. The SMILES string of the molecule is O=c1[nH]c(NNc2ccccc2)nc2scnc12. The smallest absolute Gasteiger partial charge is 0.279 e. The van der Waals surface area contributed by atoms with Crippen LogP contribution in [-0.2, 0) is 0 Å². The number of nitrogens with one attached hydrogen (secondary N) is 3. The van der Waals surface area contributed by atoms with Crippen LogP contribution in [0.25, 0.3) is 10.3 Å². The first-order chi connectivity index (χ1) is 8.83. The molecule has 0 saturated carbocycles. The Kier molecular flexibility index (Phi) is 2.66. The Hall–Kier alpha value is -2.41. The van der Waals surface area contributed by atoms with Crippen LogP contribution in [0.4, 0.5) is 11.6 Å². The summed E-state index contributed by atoms with van der Waals surface area (Å²) in [6.07, 6.45) is 0. The van der Waals surface area contributed by atoms with Crippen molar-refractivity contribution in [3.63, 3.8) is 0 Å². The Labute approximate surface area is 106 Å². The summed E-state index contributed by atoms with van der Waals surface area (Å²) in [4.78, 5) is 23.1. The molecule has 2 aromatic heterocycles. The van der Waals surface area contributed by atoms with E-state index >= 15 is 0 Å². The molecular formula is C11H9N5OS. The second-order valence-electron chi connectivity index (χ2n) is 3.54. The van der Waals surface area contributed by atoms with E-state index in [2.05, 4.69) is 25.8 Å². The van der Waals surface area contributed by atoms with Crippen LogP contribution in [0.1, 0.15) is 0 Å². The molecule has 6 nitrogen and oxygen atoms in total. The number of anilines is 2. The van der Waals surface area contributed by atoms with Gasteiger partial charge in [0.25, 0.3) is 5.56 Å². The van der Waals surface area contributed by atoms with Gasteiger partial charge in [-0.15, -0.1) is 11.3 Å². The molecule has 0 aliphatic carbocycles. The summed E-state index contributed by atoms with van der Waals surface area (Å²) >= 11 is 1.33. The highest BCUT2D eigenvalue weighted by Gasteiger charge is 2.05. The van der Waals surface area contributed by atoms with Crippen LogP contribution in [-0.4, -0.2) is 15.0 Å². The highest BCUT2D eigenvalue weighted by molar-refractivity contribution is 7.16. The van der Waals surface area contributed by atoms with Gasteiger partial charge >= 0.3 is 0 Å². The number of nitrogens with zero attached hydrogens (tertiary/aromatic N) is 2. The van der Waals surface area contributed by atoms with Gasteiger partial charge in [-0.05, 0) is 12.1 Å². The molecule has 90 valence electrons. The van der Waals surface area contributed by atoms with Gasteiger partial charge in [0.1, 0.15) is 0 Å². The number of hydrazine groups is 1. The number of hydrogen-bond acceptors (Lipinski definition) is 6. The van der Waals surface area contributed by atoms with Crippen LogP contribution >= 0.6 is 11.3 Å². The van der Waals surface area contributed by atoms with E-state index in [4.69, 9.17) is 0 Å². The van der Waals surface area contributed by atoms with Crippen molar-refractivity contribution in [2.45, 2.75) is 0 Å². The third-order valence-corrected chi connectivity index (χ3v) is 3.03. The molecule has 0 atom stereocenters. The maximum absolute atomic E-state index is 11.7. The van der Waals surface area contributed by atoms with E-state index in [1.165, 1.54) is 11.3 Å². The molecular weight excluding hydrogens is 250 g/mol. The maximum atomic E-state index is 11.7. The molecule has 1 aromatic carbocycles. The fourth-order valence-corrected chi connectivity index (χ4v) is 2.14. The Balaban J connectivity index is 1.85. The first-order valence-corrected chi connectivity index (χ1v) is 6.11. The zero-order valence-electron chi connectivity index (χ0n) is 9.18. The minimum Gasteiger partial charge on any atom is -0.298 e. The lowest BCUT2D eigenvalue weighted by molar-refractivity contribution is 1.14. The lowest BCUT2D eigenvalue weighted by Crippen LogP contribution is -2.16. The molecule has 0 fully saturated rings. The van der Waals surface area contributed by atoms with E-state index < -0.39 is 0 Å². The van der Waals surface area contributed by atoms with Gasteiger partial charge in [-0.25, -0.2) is 9.97 Å². The number of H-pyrrole nitrogens is 1. The van der Waals surface area contributed by atoms with Gasteiger partial charge in [-0.3, -0.25) is 20.6 Å². The molecule has 7 heteroatoms. The molecule has 0 bridgehead atoms. The van der Waals surface area contributed by atoms with E-state index in [0.29, 0.717) is 16.3 Å². The Morgan fingerprint density at radius 3 is 2.83 bits per heavy atom. The molecule has 3 rings (SSSR count). The van der Waals surface area contributed by atoms with Crippen molar-refractivity contribution in [2.24, 2.45) is 0 Å². The van der Waals surface area contributed by atoms with Crippen LogP contribution in [0.2, 0.25) is 0 Å². The van der Waals surface area contributed by atoms with Crippen LogP contribution in [0, 0.1) is 0 Å². The lowest BCUT2D eigenvalue weighted by Gasteiger charge is -2.07. The summed E-state index contributed by atoms with van der Waals surface area (Å²) in [6.45, 7) is 0. The van der Waals surface area contributed by atoms with Gasteiger partial charge in [0.15, 0.2) is 10.3 Å². The molecule has 2 heterocycles. The summed E-state index contributed by atoms with van der Waals surface area (Å²) in [5.74, 6) is 0.362. The first-order valence-electron chi connectivity index (χ1n) is 5.23. The van der Waals surface area contributed by atoms with Crippen molar-refractivity contribution < 1.29 is 0 Å². The highest BCUT2D eigenvalue weighted by atomic mass is 32.1. The third kappa shape index (κ3) is 2.03. The predicted octanol–water partition coefficient (Wildman–Crippen LogP) is 1.82. The van der Waals surface area contributed by atoms with Gasteiger partial charge in [0.2, 0.25) is 5.95 Å². The molecule has 0 amide bonds. The van der Waals surface area contributed by atoms with E-state index in [0.717, 1.165) is 5.69 Å². The largest absolute Gasteiger partial charge is 0.298 e. The maximum Gasteiger partial charge on any atom is 0.279 e. The average Bonchev–Trinajstić information content (AvgIpc) is 2.86. The fraction of sp³-hybridized carbons (Fsp3) is 0. The van der Waals surface area contributed by atoms with Crippen molar-refractivity contribution in [1.82, 2.24) is 15.0 Å². The molecule has 0 saturated heterocycles. The second-order valence-corrected chi connectivity index (χ2v) is 4.37. The third-order valence-electron chi connectivity index (χ3n) is 2.31. The number of fused-ring (bicyclic) bond motifs is 1. The van der Waals surface area contributed by atoms with Gasteiger partial charge in [0.05, 0.1) is 11.2 Å². The normalized spacial score (nSPS) is 10.4. The number of para-hydroxylation sites is 1. The minimum atomic E-state index is -0.251. The fourth-order valence-electron chi connectivity index (χ4n) is 1.48. The summed E-state index contributed by atoms with van der Waals surface area (Å²) in [6, 6.07) is 9.54. The molecule has 3 N–H and O–H groups in total. The van der Waals surface area contributed by atoms with E-state index in [9.17, 15) is 4.79 Å². The van der Waals surface area contributed by atoms with E-state index in [1.54, 1.807) is 5.51 Å². The van der Waals surface area contributed by atoms with Crippen LogP contribution in [0.5, 0.6) is 0 Å². The first kappa shape index (κ1) is 10.7. The van der Waals surface area contributed by atoms with Crippen molar-refractivity contribution >= 4 is 33.3 Å². The number of rotatable bonds is 3. The van der Waals surface area contributed by atoms with Crippen LogP contribution in [0.15, 0.2) is 40.6 Å². The Morgan fingerprint density at radius 1 is 1.17 bits per heavy atom. The van der Waals surface area contributed by atoms with Crippen molar-refractivity contribution in [1.29, 1.82) is 0 Å². The number of aromatic amines is 1. The van der Waals surface area contributed by atoms with Gasteiger partial charge in [-0.2, -0.15) is 0 Å². The number of hydrogen-bond donors (Lipinski definition) is 3. The quantitative estimate of drug-likeness (QED) is 0.625. The lowest BCUT2D eigenvalue weighted by atomic mass is 10.3. The number of thiazole rings is 1. The highest BCUT2D eigenvalue weighted by Crippen LogP contribution is 2.12. The van der Waals surface area contributed by atoms with E-state index in [-0.39, 0.29) is 5.56 Å². The molecule has 0 spiro atoms. The second kappa shape index (κ2) is 4.46. The molecule has 18 heavy (non-hydrogen) atoms. The molecule has 0 unspecified atom stereocenters. The summed E-state index contributed by atoms with van der Waals surface area (Å²) in [5.41, 5.74) is 8.38. The molecule has 0 aliphatic heterocycles. The predicted molar refractivity (Wildman–Crippen MR) is 71.7 cm³/mol. The van der Waals surface area contributed by atoms with E-state index in [1.807, 2.05) is 30.3 Å². The van der Waals surface area contributed by atoms with Crippen molar-refractivity contribution in [3.05, 3.63) is 46.2 Å². The summed E-state index contributed by atoms with van der Waals surface area (Å²) in [7, 11) is 0. The molecule has 3 aromatic rings. The minimum absolute atomic E-state index is 0.251. The topological polar surface area (TPSA) is 82.7 Å². The van der Waals surface area contributed by atoms with Crippen molar-refractivity contribution in [3.8, 4) is 0 Å². The number of aromatic nitrogens is 3. The van der Waals surface area contributed by atoms with Crippen LogP contribution in [0.3, 0.4) is 0 Å². The van der Waals surface area contributed by atoms with Gasteiger partial charge < -0.3 is 0 Å². The zero-order valence-corrected chi connectivity index (χ0v) is 9.99. The van der Waals surface area contributed by atoms with Gasteiger partial charge in [-0.1, -0.05) is 18.2 Å². The monoisotopic (exact) mass is 259 g/mol. The van der Waals surface area contributed by atoms with Crippen LogP contribution < -0.4 is 16.4 Å². The van der Waals surface area contributed by atoms with Crippen molar-refractivity contribution in [2.75, 3.05) is 10.9 Å². The standard InChI is InChI=1S/C11H9N5OS/c17-9-8-10(18-6-12-8)14-11(13-9)16-15-7-4-2-1-3-5-7/h1-6,15H,(H2,13,14,16,17). The average molecular weight is 259 g/mol. The zero-order chi connectivity index (χ0) is 12.4. The Morgan fingerprint density at radius 2 is 2.00 bits per heavy atom. The number of benzene rings is 1. The molecule has 0 radical (unpaired) electrons. The summed E-state index contributed by atoms with van der Waals surface area (Å²) < 4.78 is 0. The van der Waals surface area contributed by atoms with Gasteiger partial charge in [0, 0.05) is 0 Å². The Bertz CT molecular complexity index is 721.